The summed E-state index contributed by atoms with van der Waals surface area (Å²) in [5, 5.41) is 12.3. The van der Waals surface area contributed by atoms with E-state index in [1.54, 1.807) is 12.1 Å². The van der Waals surface area contributed by atoms with Crippen LogP contribution in [0.25, 0.3) is 0 Å². The first-order valence-electron chi connectivity index (χ1n) is 5.16. The molecule has 0 heterocycles. The number of benzene rings is 1. The summed E-state index contributed by atoms with van der Waals surface area (Å²) in [5.41, 5.74) is 0.863. The molecule has 2 N–H and O–H groups in total. The Morgan fingerprint density at radius 2 is 2.07 bits per heavy atom. The number of phenols is 1. The summed E-state index contributed by atoms with van der Waals surface area (Å²) in [5.74, 6) is 0.344. The Hall–Kier alpha value is -1.51. The molecule has 0 atom stereocenters. The molecule has 1 amide bonds. The third-order valence-corrected chi connectivity index (χ3v) is 2.21. The lowest BCUT2D eigenvalue weighted by molar-refractivity contribution is -0.123. The number of nitrogens with one attached hydrogen (secondary N) is 1. The SMILES string of the molecule is CC(C)C(=O)NCCc1ccccc1O. The molecule has 1 rings (SSSR count). The highest BCUT2D eigenvalue weighted by atomic mass is 16.3. The van der Waals surface area contributed by atoms with E-state index in [1.165, 1.54) is 0 Å². The summed E-state index contributed by atoms with van der Waals surface area (Å²) in [6.45, 7) is 4.28. The lowest BCUT2D eigenvalue weighted by atomic mass is 10.1. The largest absolute Gasteiger partial charge is 0.508 e. The van der Waals surface area contributed by atoms with Crippen molar-refractivity contribution in [3.63, 3.8) is 0 Å². The standard InChI is InChI=1S/C12H17NO2/c1-9(2)12(15)13-8-7-10-5-3-4-6-11(10)14/h3-6,9,14H,7-8H2,1-2H3,(H,13,15). The summed E-state index contributed by atoms with van der Waals surface area (Å²) in [6, 6.07) is 7.17. The topological polar surface area (TPSA) is 49.3 Å². The van der Waals surface area contributed by atoms with Crippen molar-refractivity contribution in [2.45, 2.75) is 20.3 Å². The van der Waals surface area contributed by atoms with E-state index < -0.39 is 0 Å². The predicted molar refractivity (Wildman–Crippen MR) is 59.7 cm³/mol. The average Bonchev–Trinajstić information content (AvgIpc) is 2.20. The third kappa shape index (κ3) is 3.62. The van der Waals surface area contributed by atoms with Gasteiger partial charge >= 0.3 is 0 Å². The maximum Gasteiger partial charge on any atom is 0.222 e. The summed E-state index contributed by atoms with van der Waals surface area (Å²) in [7, 11) is 0. The molecular formula is C12H17NO2. The molecule has 0 saturated heterocycles. The van der Waals surface area contributed by atoms with Crippen molar-refractivity contribution in [1.29, 1.82) is 0 Å². The van der Waals surface area contributed by atoms with Crippen LogP contribution in [-0.2, 0) is 11.2 Å². The average molecular weight is 207 g/mol. The van der Waals surface area contributed by atoms with Crippen LogP contribution in [0, 0.1) is 5.92 Å². The molecule has 0 fully saturated rings. The second kappa shape index (κ2) is 5.39. The number of hydrogen-bond donors (Lipinski definition) is 2. The predicted octanol–water partition coefficient (Wildman–Crippen LogP) is 1.71. The molecule has 3 heteroatoms. The molecule has 1 aromatic rings. The smallest absolute Gasteiger partial charge is 0.222 e. The van der Waals surface area contributed by atoms with Crippen molar-refractivity contribution < 1.29 is 9.90 Å². The van der Waals surface area contributed by atoms with Crippen LogP contribution in [0.4, 0.5) is 0 Å². The molecule has 0 aliphatic carbocycles. The minimum Gasteiger partial charge on any atom is -0.508 e. The highest BCUT2D eigenvalue weighted by Gasteiger charge is 2.06. The van der Waals surface area contributed by atoms with Gasteiger partial charge in [0.05, 0.1) is 0 Å². The molecule has 0 spiro atoms. The number of phenolic OH excluding ortho intramolecular Hbond substituents is 1. The molecule has 0 aliphatic rings. The van der Waals surface area contributed by atoms with Gasteiger partial charge in [0.2, 0.25) is 5.91 Å². The molecule has 0 unspecified atom stereocenters. The molecular weight excluding hydrogens is 190 g/mol. The highest BCUT2D eigenvalue weighted by Crippen LogP contribution is 2.15. The van der Waals surface area contributed by atoms with Gasteiger partial charge in [-0.3, -0.25) is 4.79 Å². The van der Waals surface area contributed by atoms with E-state index in [2.05, 4.69) is 5.32 Å². The van der Waals surface area contributed by atoms with Gasteiger partial charge in [0.15, 0.2) is 0 Å². The minimum atomic E-state index is 0.00868. The molecule has 82 valence electrons. The van der Waals surface area contributed by atoms with E-state index in [1.807, 2.05) is 26.0 Å². The Morgan fingerprint density at radius 3 is 2.67 bits per heavy atom. The first-order chi connectivity index (χ1) is 7.11. The fraction of sp³-hybridized carbons (Fsp3) is 0.417. The number of carbonyl (C=O) groups excluding carboxylic acids is 1. The zero-order valence-electron chi connectivity index (χ0n) is 9.16. The lowest BCUT2D eigenvalue weighted by Gasteiger charge is -2.08. The van der Waals surface area contributed by atoms with Crippen molar-refractivity contribution in [3.05, 3.63) is 29.8 Å². The Balaban J connectivity index is 2.38. The Morgan fingerprint density at radius 1 is 1.40 bits per heavy atom. The fourth-order valence-electron chi connectivity index (χ4n) is 1.25. The van der Waals surface area contributed by atoms with Gasteiger partial charge in [0.1, 0.15) is 5.75 Å². The van der Waals surface area contributed by atoms with Crippen LogP contribution in [0.1, 0.15) is 19.4 Å². The van der Waals surface area contributed by atoms with Crippen LogP contribution < -0.4 is 5.32 Å². The van der Waals surface area contributed by atoms with Gasteiger partial charge in [-0.15, -0.1) is 0 Å². The molecule has 0 aliphatic heterocycles. The van der Waals surface area contributed by atoms with Gasteiger partial charge in [-0.1, -0.05) is 32.0 Å². The number of amides is 1. The quantitative estimate of drug-likeness (QED) is 0.789. The Bertz CT molecular complexity index is 334. The second-order valence-corrected chi connectivity index (χ2v) is 3.82. The van der Waals surface area contributed by atoms with Crippen molar-refractivity contribution in [2.75, 3.05) is 6.54 Å². The number of para-hydroxylation sites is 1. The molecule has 3 nitrogen and oxygen atoms in total. The van der Waals surface area contributed by atoms with E-state index in [-0.39, 0.29) is 17.6 Å². The number of hydrogen-bond acceptors (Lipinski definition) is 2. The van der Waals surface area contributed by atoms with Crippen LogP contribution in [-0.4, -0.2) is 17.6 Å². The summed E-state index contributed by atoms with van der Waals surface area (Å²) in [4.78, 5) is 11.2. The lowest BCUT2D eigenvalue weighted by Crippen LogP contribution is -2.29. The van der Waals surface area contributed by atoms with Crippen molar-refractivity contribution >= 4 is 5.91 Å². The van der Waals surface area contributed by atoms with E-state index in [0.717, 1.165) is 5.56 Å². The van der Waals surface area contributed by atoms with Crippen LogP contribution in [0.5, 0.6) is 5.75 Å². The maximum absolute atomic E-state index is 11.2. The van der Waals surface area contributed by atoms with E-state index >= 15 is 0 Å². The normalized spacial score (nSPS) is 10.3. The first kappa shape index (κ1) is 11.6. The van der Waals surface area contributed by atoms with Gasteiger partial charge in [-0.05, 0) is 18.1 Å². The number of carbonyl (C=O) groups is 1. The first-order valence-corrected chi connectivity index (χ1v) is 5.16. The van der Waals surface area contributed by atoms with Crippen LogP contribution >= 0.6 is 0 Å². The van der Waals surface area contributed by atoms with Crippen LogP contribution in [0.15, 0.2) is 24.3 Å². The van der Waals surface area contributed by atoms with Gasteiger partial charge in [0, 0.05) is 12.5 Å². The molecule has 0 saturated carbocycles. The van der Waals surface area contributed by atoms with Gasteiger partial charge < -0.3 is 10.4 Å². The second-order valence-electron chi connectivity index (χ2n) is 3.82. The summed E-state index contributed by atoms with van der Waals surface area (Å²) in [6.07, 6.45) is 0.658. The molecule has 15 heavy (non-hydrogen) atoms. The number of aromatic hydroxyl groups is 1. The van der Waals surface area contributed by atoms with Gasteiger partial charge in [0.25, 0.3) is 0 Å². The Labute approximate surface area is 90.1 Å². The van der Waals surface area contributed by atoms with Crippen molar-refractivity contribution in [2.24, 2.45) is 5.92 Å². The molecule has 0 bridgehead atoms. The summed E-state index contributed by atoms with van der Waals surface area (Å²) >= 11 is 0. The van der Waals surface area contributed by atoms with Crippen molar-refractivity contribution in [1.82, 2.24) is 5.32 Å². The molecule has 1 aromatic carbocycles. The van der Waals surface area contributed by atoms with Gasteiger partial charge in [-0.2, -0.15) is 0 Å². The molecule has 0 radical (unpaired) electrons. The summed E-state index contributed by atoms with van der Waals surface area (Å²) < 4.78 is 0. The molecule has 0 aromatic heterocycles. The van der Waals surface area contributed by atoms with E-state index in [9.17, 15) is 9.90 Å². The third-order valence-electron chi connectivity index (χ3n) is 2.21. The number of rotatable bonds is 4. The van der Waals surface area contributed by atoms with Gasteiger partial charge in [-0.25, -0.2) is 0 Å². The zero-order valence-corrected chi connectivity index (χ0v) is 9.16. The monoisotopic (exact) mass is 207 g/mol. The Kier molecular flexibility index (Phi) is 4.16. The zero-order chi connectivity index (χ0) is 11.3. The highest BCUT2D eigenvalue weighted by molar-refractivity contribution is 5.77. The minimum absolute atomic E-state index is 0.00868. The maximum atomic E-state index is 11.2. The van der Waals surface area contributed by atoms with E-state index in [0.29, 0.717) is 13.0 Å². The van der Waals surface area contributed by atoms with Crippen LogP contribution in [0.3, 0.4) is 0 Å². The van der Waals surface area contributed by atoms with Crippen molar-refractivity contribution in [3.8, 4) is 5.75 Å². The van der Waals surface area contributed by atoms with Crippen LogP contribution in [0.2, 0.25) is 0 Å². The van der Waals surface area contributed by atoms with E-state index in [4.69, 9.17) is 0 Å². The fourth-order valence-corrected chi connectivity index (χ4v) is 1.25.